The Hall–Kier alpha value is -3.63. The number of ketones is 1. The van der Waals surface area contributed by atoms with E-state index in [2.05, 4.69) is 0 Å². The minimum atomic E-state index is -1.83. The number of primary amides is 1. The molecule has 1 heterocycles. The van der Waals surface area contributed by atoms with Crippen molar-refractivity contribution in [2.24, 2.45) is 11.7 Å². The van der Waals surface area contributed by atoms with E-state index in [1.54, 1.807) is 33.2 Å². The number of aromatic hydroxyl groups is 2. The summed E-state index contributed by atoms with van der Waals surface area (Å²) in [6.07, 6.45) is -3.07. The second-order valence-electron chi connectivity index (χ2n) is 8.21. The maximum absolute atomic E-state index is 12.8. The Bertz CT molecular complexity index is 1230. The number of hydrogen-bond acceptors (Lipinski definition) is 9. The van der Waals surface area contributed by atoms with Gasteiger partial charge in [-0.2, -0.15) is 0 Å². The largest absolute Gasteiger partial charge is 0.510 e. The first-order chi connectivity index (χ1) is 15.0. The summed E-state index contributed by atoms with van der Waals surface area (Å²) >= 11 is 0. The van der Waals surface area contributed by atoms with Gasteiger partial charge < -0.3 is 30.9 Å². The van der Waals surface area contributed by atoms with Crippen LogP contribution in [0.1, 0.15) is 27.6 Å². The van der Waals surface area contributed by atoms with E-state index in [0.717, 1.165) is 0 Å². The number of Topliss-reactive ketones (excluding diaryl/α,β-unsaturated/α-hetero) is 1. The molecule has 2 aromatic carbocycles. The average molecular weight is 442 g/mol. The van der Waals surface area contributed by atoms with Gasteiger partial charge in [0.2, 0.25) is 5.78 Å². The third kappa shape index (κ3) is 2.76. The fourth-order valence-corrected chi connectivity index (χ4v) is 4.87. The molecular formula is C22H22N2O8. The van der Waals surface area contributed by atoms with Crippen LogP contribution in [0.15, 0.2) is 29.5 Å². The number of amides is 1. The topological polar surface area (TPSA) is 171 Å². The van der Waals surface area contributed by atoms with Gasteiger partial charge in [0, 0.05) is 5.56 Å². The van der Waals surface area contributed by atoms with E-state index >= 15 is 0 Å². The van der Waals surface area contributed by atoms with E-state index in [4.69, 9.17) is 10.5 Å². The predicted molar refractivity (Wildman–Crippen MR) is 111 cm³/mol. The number of rotatable bonds is 3. The standard InChI is InChI=1S/C22H22N2O8/c1-7-8-5-4-6-9(25)11(8)16(26)12-10(7)20(32-22(12)31)13-15(24(2)3)17(27)14(21(23)30)19(29)18(13)28/h4-6,13,15,18,20,25-28H,1-3H3,(H2,23,30)/t13-,15-,18+,20?/m0/s1. The van der Waals surface area contributed by atoms with E-state index in [1.807, 2.05) is 0 Å². The second kappa shape index (κ2) is 7.21. The quantitative estimate of drug-likeness (QED) is 0.336. The van der Waals surface area contributed by atoms with Crippen LogP contribution in [0.25, 0.3) is 10.8 Å². The first-order valence-corrected chi connectivity index (χ1v) is 9.78. The summed E-state index contributed by atoms with van der Waals surface area (Å²) in [5, 5.41) is 43.1. The van der Waals surface area contributed by atoms with Gasteiger partial charge in [-0.3, -0.25) is 14.5 Å². The highest BCUT2D eigenvalue weighted by molar-refractivity contribution is 6.21. The van der Waals surface area contributed by atoms with E-state index in [0.29, 0.717) is 10.9 Å². The van der Waals surface area contributed by atoms with Crippen LogP contribution in [0.3, 0.4) is 0 Å². The van der Waals surface area contributed by atoms with Crippen molar-refractivity contribution in [1.29, 1.82) is 0 Å². The highest BCUT2D eigenvalue weighted by Gasteiger charge is 2.54. The summed E-state index contributed by atoms with van der Waals surface area (Å²) < 4.78 is 5.52. The Balaban J connectivity index is 1.99. The molecule has 0 aromatic heterocycles. The average Bonchev–Trinajstić information content (AvgIpc) is 3.05. The summed E-state index contributed by atoms with van der Waals surface area (Å²) in [6, 6.07) is 3.47. The number of likely N-dealkylation sites (N-methyl/N-ethyl adjacent to an activating group) is 1. The van der Waals surface area contributed by atoms with Crippen LogP contribution in [0, 0.1) is 12.8 Å². The second-order valence-corrected chi connectivity index (χ2v) is 8.21. The Labute approximate surface area is 182 Å². The molecule has 2 aliphatic rings. The van der Waals surface area contributed by atoms with Crippen molar-refractivity contribution in [3.63, 3.8) is 0 Å². The maximum Gasteiger partial charge on any atom is 0.343 e. The van der Waals surface area contributed by atoms with Crippen molar-refractivity contribution in [2.75, 3.05) is 14.1 Å². The molecule has 168 valence electrons. The molecule has 1 unspecified atom stereocenters. The third-order valence-electron chi connectivity index (χ3n) is 6.25. The van der Waals surface area contributed by atoms with Crippen LogP contribution < -0.4 is 5.73 Å². The molecule has 0 bridgehead atoms. The molecule has 6 N–H and O–H groups in total. The lowest BCUT2D eigenvalue weighted by atomic mass is 9.74. The van der Waals surface area contributed by atoms with Crippen LogP contribution in [0.2, 0.25) is 0 Å². The third-order valence-corrected chi connectivity index (χ3v) is 6.25. The molecule has 32 heavy (non-hydrogen) atoms. The van der Waals surface area contributed by atoms with Gasteiger partial charge in [0.25, 0.3) is 5.91 Å². The molecule has 0 saturated carbocycles. The minimum Gasteiger partial charge on any atom is -0.510 e. The van der Waals surface area contributed by atoms with Crippen LogP contribution in [0.5, 0.6) is 11.5 Å². The molecule has 4 atom stereocenters. The van der Waals surface area contributed by atoms with Gasteiger partial charge in [-0.1, -0.05) is 12.1 Å². The number of benzene rings is 2. The molecule has 0 radical (unpaired) electrons. The predicted octanol–water partition coefficient (Wildman–Crippen LogP) is 0.558. The molecule has 2 aromatic rings. The number of carbonyl (C=O) groups excluding carboxylic acids is 3. The lowest BCUT2D eigenvalue weighted by molar-refractivity contribution is -0.136. The zero-order valence-electron chi connectivity index (χ0n) is 17.5. The highest BCUT2D eigenvalue weighted by atomic mass is 16.6. The van der Waals surface area contributed by atoms with Gasteiger partial charge in [-0.05, 0) is 38.0 Å². The molecule has 10 nitrogen and oxygen atoms in total. The molecule has 0 saturated heterocycles. The van der Waals surface area contributed by atoms with E-state index in [9.17, 15) is 34.8 Å². The highest BCUT2D eigenvalue weighted by Crippen LogP contribution is 2.51. The van der Waals surface area contributed by atoms with Gasteiger partial charge in [0.15, 0.2) is 0 Å². The number of esters is 1. The maximum atomic E-state index is 12.8. The lowest BCUT2D eigenvalue weighted by Crippen LogP contribution is -2.54. The van der Waals surface area contributed by atoms with Crippen molar-refractivity contribution in [2.45, 2.75) is 25.2 Å². The first-order valence-electron chi connectivity index (χ1n) is 9.78. The number of carbonyl (C=O) groups is 3. The molecular weight excluding hydrogens is 420 g/mol. The molecule has 1 amide bonds. The molecule has 0 spiro atoms. The van der Waals surface area contributed by atoms with Crippen molar-refractivity contribution in [3.05, 3.63) is 46.2 Å². The minimum absolute atomic E-state index is 0.0736. The Morgan fingerprint density at radius 1 is 1.16 bits per heavy atom. The monoisotopic (exact) mass is 442 g/mol. The summed E-state index contributed by atoms with van der Waals surface area (Å²) in [7, 11) is 3.10. The fraction of sp³-hybridized carbons (Fsp3) is 0.318. The Morgan fingerprint density at radius 3 is 2.41 bits per heavy atom. The molecule has 1 aliphatic carbocycles. The normalized spacial score (nSPS) is 25.4. The number of nitrogens with two attached hydrogens (primary N) is 1. The van der Waals surface area contributed by atoms with E-state index in [1.165, 1.54) is 11.0 Å². The van der Waals surface area contributed by atoms with E-state index < -0.39 is 58.9 Å². The zero-order valence-corrected chi connectivity index (χ0v) is 17.5. The van der Waals surface area contributed by atoms with Crippen molar-refractivity contribution >= 4 is 28.4 Å². The van der Waals surface area contributed by atoms with Crippen LogP contribution in [0.4, 0.5) is 0 Å². The molecule has 4 rings (SSSR count). The number of phenols is 2. The molecule has 0 fully saturated rings. The number of nitrogens with zero attached hydrogens (tertiary/aromatic N) is 1. The Morgan fingerprint density at radius 2 is 1.81 bits per heavy atom. The SMILES string of the molecule is Cc1c2c(c(O)c3c(O)cccc13)C(=O)OC2[C@H]1[C@H](N(C)C)C(O)=C(C(N)=O)C(=O)[C@@H]1O. The zero-order chi connectivity index (χ0) is 23.6. The summed E-state index contributed by atoms with van der Waals surface area (Å²) in [6.45, 7) is 1.65. The number of phenolic OH excluding ortho intramolecular Hbond substituents is 2. The number of aryl methyl sites for hydroxylation is 1. The fourth-order valence-electron chi connectivity index (χ4n) is 4.87. The van der Waals surface area contributed by atoms with Crippen molar-refractivity contribution in [1.82, 2.24) is 4.90 Å². The van der Waals surface area contributed by atoms with Crippen molar-refractivity contribution in [3.8, 4) is 11.5 Å². The Kier molecular flexibility index (Phi) is 4.87. The van der Waals surface area contributed by atoms with Gasteiger partial charge in [0.05, 0.1) is 17.3 Å². The number of hydrogen-bond donors (Lipinski definition) is 5. The molecule has 1 aliphatic heterocycles. The summed E-state index contributed by atoms with van der Waals surface area (Å²) in [4.78, 5) is 38.7. The van der Waals surface area contributed by atoms with Gasteiger partial charge in [-0.15, -0.1) is 0 Å². The number of aliphatic hydroxyl groups excluding tert-OH is 2. The number of cyclic esters (lactones) is 1. The van der Waals surface area contributed by atoms with Crippen LogP contribution in [-0.2, 0) is 14.3 Å². The molecule has 10 heteroatoms. The first kappa shape index (κ1) is 21.6. The number of fused-ring (bicyclic) bond motifs is 2. The number of aliphatic hydroxyl groups is 2. The number of ether oxygens (including phenoxy) is 1. The van der Waals surface area contributed by atoms with Gasteiger partial charge >= 0.3 is 5.97 Å². The van der Waals surface area contributed by atoms with Gasteiger partial charge in [-0.25, -0.2) is 4.79 Å². The van der Waals surface area contributed by atoms with E-state index in [-0.39, 0.29) is 22.3 Å². The van der Waals surface area contributed by atoms with Crippen LogP contribution in [-0.4, -0.2) is 69.2 Å². The van der Waals surface area contributed by atoms with Crippen molar-refractivity contribution < 1.29 is 39.5 Å². The van der Waals surface area contributed by atoms with Gasteiger partial charge in [0.1, 0.15) is 40.6 Å². The summed E-state index contributed by atoms with van der Waals surface area (Å²) in [5.41, 5.74) is 5.05. The van der Waals surface area contributed by atoms with Crippen LogP contribution >= 0.6 is 0 Å². The summed E-state index contributed by atoms with van der Waals surface area (Å²) in [5.74, 6) is -5.73. The lowest BCUT2D eigenvalue weighted by Gasteiger charge is -2.40. The smallest absolute Gasteiger partial charge is 0.343 e.